The molecule has 2 unspecified atom stereocenters. The average Bonchev–Trinajstić information content (AvgIpc) is 2.23. The van der Waals surface area contributed by atoms with Gasteiger partial charge in [0.15, 0.2) is 0 Å². The topological polar surface area (TPSA) is 92.4 Å². The van der Waals surface area contributed by atoms with Crippen LogP contribution >= 0.6 is 0 Å². The summed E-state index contributed by atoms with van der Waals surface area (Å²) in [6.07, 6.45) is 3.37. The molecule has 0 aliphatic carbocycles. The van der Waals surface area contributed by atoms with Crippen LogP contribution in [0.25, 0.3) is 0 Å². The number of carboxylic acids is 1. The largest absolute Gasteiger partial charge is 0.481 e. The lowest BCUT2D eigenvalue weighted by Crippen LogP contribution is -2.32. The summed E-state index contributed by atoms with van der Waals surface area (Å²) >= 11 is 0. The maximum atomic E-state index is 11.4. The number of hydrogen-bond donors (Lipinski definition) is 3. The van der Waals surface area contributed by atoms with Crippen molar-refractivity contribution in [3.05, 3.63) is 0 Å². The summed E-state index contributed by atoms with van der Waals surface area (Å²) in [4.78, 5) is 22.2. The van der Waals surface area contributed by atoms with Crippen LogP contribution in [0, 0.1) is 5.92 Å². The van der Waals surface area contributed by atoms with E-state index in [-0.39, 0.29) is 18.5 Å². The molecule has 0 aromatic heterocycles. The molecule has 0 saturated heterocycles. The Bertz CT molecular complexity index is 242. The molecular formula is C12H24N2O3. The molecule has 17 heavy (non-hydrogen) atoms. The van der Waals surface area contributed by atoms with Crippen LogP contribution in [0.4, 0.5) is 0 Å². The van der Waals surface area contributed by atoms with Crippen LogP contribution in [0.15, 0.2) is 0 Å². The Morgan fingerprint density at radius 2 is 2.00 bits per heavy atom. The molecule has 100 valence electrons. The van der Waals surface area contributed by atoms with Crippen LogP contribution in [0.2, 0.25) is 0 Å². The smallest absolute Gasteiger partial charge is 0.308 e. The Morgan fingerprint density at radius 3 is 2.47 bits per heavy atom. The van der Waals surface area contributed by atoms with Crippen molar-refractivity contribution in [1.82, 2.24) is 5.32 Å². The lowest BCUT2D eigenvalue weighted by Gasteiger charge is -2.12. The summed E-state index contributed by atoms with van der Waals surface area (Å²) in [6.45, 7) is 4.06. The molecule has 0 rings (SSSR count). The van der Waals surface area contributed by atoms with E-state index in [1.165, 1.54) is 0 Å². The van der Waals surface area contributed by atoms with Gasteiger partial charge in [-0.3, -0.25) is 9.59 Å². The minimum Gasteiger partial charge on any atom is -0.481 e. The molecule has 5 heteroatoms. The third kappa shape index (κ3) is 8.68. The first-order valence-corrected chi connectivity index (χ1v) is 6.22. The summed E-state index contributed by atoms with van der Waals surface area (Å²) in [5.74, 6) is -1.41. The van der Waals surface area contributed by atoms with E-state index in [0.717, 1.165) is 19.3 Å². The molecule has 0 bridgehead atoms. The van der Waals surface area contributed by atoms with E-state index >= 15 is 0 Å². The van der Waals surface area contributed by atoms with Crippen molar-refractivity contribution in [3.8, 4) is 0 Å². The standard InChI is InChI=1S/C12H24N2O3/c1-3-5-10(12(16)17)8-14-11(15)7-4-6-9(2)13/h9-10H,3-8,13H2,1-2H3,(H,14,15)(H,16,17). The quantitative estimate of drug-likeness (QED) is 0.566. The van der Waals surface area contributed by atoms with Crippen LogP contribution < -0.4 is 11.1 Å². The second kappa shape index (κ2) is 8.98. The fourth-order valence-corrected chi connectivity index (χ4v) is 1.57. The maximum Gasteiger partial charge on any atom is 0.308 e. The minimum atomic E-state index is -0.845. The highest BCUT2D eigenvalue weighted by molar-refractivity contribution is 5.77. The Labute approximate surface area is 103 Å². The second-order valence-electron chi connectivity index (χ2n) is 4.50. The van der Waals surface area contributed by atoms with E-state index in [2.05, 4.69) is 5.32 Å². The molecule has 0 fully saturated rings. The molecule has 4 N–H and O–H groups in total. The van der Waals surface area contributed by atoms with Gasteiger partial charge in [0.25, 0.3) is 0 Å². The first-order valence-electron chi connectivity index (χ1n) is 6.22. The summed E-state index contributed by atoms with van der Waals surface area (Å²) in [5.41, 5.74) is 5.57. The molecule has 0 heterocycles. The molecule has 0 aromatic carbocycles. The van der Waals surface area contributed by atoms with Crippen molar-refractivity contribution in [2.75, 3.05) is 6.54 Å². The molecule has 1 amide bonds. The minimum absolute atomic E-state index is 0.0898. The molecule has 0 aromatic rings. The third-order valence-electron chi connectivity index (χ3n) is 2.60. The first-order chi connectivity index (χ1) is 7.97. The van der Waals surface area contributed by atoms with Gasteiger partial charge in [0.2, 0.25) is 5.91 Å². The van der Waals surface area contributed by atoms with Crippen LogP contribution in [0.3, 0.4) is 0 Å². The zero-order chi connectivity index (χ0) is 13.3. The van der Waals surface area contributed by atoms with E-state index in [9.17, 15) is 9.59 Å². The molecular weight excluding hydrogens is 220 g/mol. The molecule has 0 radical (unpaired) electrons. The van der Waals surface area contributed by atoms with Crippen LogP contribution in [-0.2, 0) is 9.59 Å². The normalized spacial score (nSPS) is 14.1. The Balaban J connectivity index is 3.76. The Hall–Kier alpha value is -1.10. The zero-order valence-electron chi connectivity index (χ0n) is 10.7. The molecule has 2 atom stereocenters. The van der Waals surface area contributed by atoms with Gasteiger partial charge in [0, 0.05) is 19.0 Å². The van der Waals surface area contributed by atoms with Gasteiger partial charge < -0.3 is 16.2 Å². The molecule has 5 nitrogen and oxygen atoms in total. The monoisotopic (exact) mass is 244 g/mol. The fourth-order valence-electron chi connectivity index (χ4n) is 1.57. The number of amides is 1. The van der Waals surface area contributed by atoms with Crippen molar-refractivity contribution >= 4 is 11.9 Å². The van der Waals surface area contributed by atoms with Gasteiger partial charge in [-0.15, -0.1) is 0 Å². The number of nitrogens with one attached hydrogen (secondary N) is 1. The molecule has 0 aliphatic heterocycles. The van der Waals surface area contributed by atoms with E-state index in [0.29, 0.717) is 12.8 Å². The highest BCUT2D eigenvalue weighted by Gasteiger charge is 2.16. The van der Waals surface area contributed by atoms with Gasteiger partial charge in [-0.1, -0.05) is 13.3 Å². The fraction of sp³-hybridized carbons (Fsp3) is 0.833. The van der Waals surface area contributed by atoms with Gasteiger partial charge in [0.05, 0.1) is 5.92 Å². The first kappa shape index (κ1) is 15.9. The predicted octanol–water partition coefficient (Wildman–Crippen LogP) is 1.12. The average molecular weight is 244 g/mol. The molecule has 0 spiro atoms. The highest BCUT2D eigenvalue weighted by Crippen LogP contribution is 2.05. The number of carbonyl (C=O) groups excluding carboxylic acids is 1. The maximum absolute atomic E-state index is 11.4. The summed E-state index contributed by atoms with van der Waals surface area (Å²) < 4.78 is 0. The number of aliphatic carboxylic acids is 1. The van der Waals surface area contributed by atoms with Crippen molar-refractivity contribution in [1.29, 1.82) is 0 Å². The lowest BCUT2D eigenvalue weighted by molar-refractivity contribution is -0.141. The van der Waals surface area contributed by atoms with Gasteiger partial charge in [-0.2, -0.15) is 0 Å². The summed E-state index contributed by atoms with van der Waals surface area (Å²) in [6, 6.07) is 0.106. The number of nitrogens with two attached hydrogens (primary N) is 1. The summed E-state index contributed by atoms with van der Waals surface area (Å²) in [7, 11) is 0. The highest BCUT2D eigenvalue weighted by atomic mass is 16.4. The van der Waals surface area contributed by atoms with Crippen LogP contribution in [0.1, 0.15) is 46.0 Å². The zero-order valence-corrected chi connectivity index (χ0v) is 10.7. The molecule has 0 aliphatic rings. The van der Waals surface area contributed by atoms with Gasteiger partial charge in [-0.25, -0.2) is 0 Å². The van der Waals surface area contributed by atoms with Crippen molar-refractivity contribution < 1.29 is 14.7 Å². The van der Waals surface area contributed by atoms with Crippen molar-refractivity contribution in [2.45, 2.75) is 52.0 Å². The molecule has 0 saturated carbocycles. The SMILES string of the molecule is CCCC(CNC(=O)CCCC(C)N)C(=O)O. The van der Waals surface area contributed by atoms with E-state index in [1.54, 1.807) is 0 Å². The van der Waals surface area contributed by atoms with Crippen molar-refractivity contribution in [3.63, 3.8) is 0 Å². The van der Waals surface area contributed by atoms with E-state index in [4.69, 9.17) is 10.8 Å². The number of hydrogen-bond acceptors (Lipinski definition) is 3. The van der Waals surface area contributed by atoms with Crippen molar-refractivity contribution in [2.24, 2.45) is 11.7 Å². The lowest BCUT2D eigenvalue weighted by atomic mass is 10.0. The van der Waals surface area contributed by atoms with E-state index in [1.807, 2.05) is 13.8 Å². The van der Waals surface area contributed by atoms with Crippen LogP contribution in [-0.4, -0.2) is 29.6 Å². The van der Waals surface area contributed by atoms with E-state index < -0.39 is 11.9 Å². The van der Waals surface area contributed by atoms with Gasteiger partial charge in [-0.05, 0) is 26.2 Å². The number of rotatable bonds is 9. The van der Waals surface area contributed by atoms with Gasteiger partial charge >= 0.3 is 5.97 Å². The number of carbonyl (C=O) groups is 2. The predicted molar refractivity (Wildman–Crippen MR) is 66.5 cm³/mol. The second-order valence-corrected chi connectivity index (χ2v) is 4.50. The number of carboxylic acid groups (broad SMARTS) is 1. The third-order valence-corrected chi connectivity index (χ3v) is 2.60. The summed E-state index contributed by atoms with van der Waals surface area (Å²) in [5, 5.41) is 11.6. The Morgan fingerprint density at radius 1 is 1.35 bits per heavy atom. The van der Waals surface area contributed by atoms with Crippen LogP contribution in [0.5, 0.6) is 0 Å². The van der Waals surface area contributed by atoms with Gasteiger partial charge in [0.1, 0.15) is 0 Å². The Kier molecular flexibility index (Phi) is 8.40.